The molecule has 0 bridgehead atoms. The van der Waals surface area contributed by atoms with E-state index in [1.165, 1.54) is 38.1 Å². The van der Waals surface area contributed by atoms with Crippen LogP contribution in [-0.4, -0.2) is 23.1 Å². The van der Waals surface area contributed by atoms with E-state index in [9.17, 15) is 14.0 Å². The van der Waals surface area contributed by atoms with Crippen LogP contribution in [-0.2, 0) is 15.1 Å². The maximum Gasteiger partial charge on any atom is 0.217 e. The molecular formula is C27H31FN2O3. The summed E-state index contributed by atoms with van der Waals surface area (Å²) in [5.41, 5.74) is 1.08. The van der Waals surface area contributed by atoms with Gasteiger partial charge < -0.3 is 15.0 Å². The average Bonchev–Trinajstić information content (AvgIpc) is 2.79. The summed E-state index contributed by atoms with van der Waals surface area (Å²) in [4.78, 5) is 26.8. The van der Waals surface area contributed by atoms with Gasteiger partial charge in [-0.05, 0) is 67.5 Å². The Labute approximate surface area is 195 Å². The third kappa shape index (κ3) is 6.19. The van der Waals surface area contributed by atoms with Crippen molar-refractivity contribution in [2.45, 2.75) is 40.2 Å². The molecule has 1 heterocycles. The Morgan fingerprint density at radius 2 is 1.58 bits per heavy atom. The summed E-state index contributed by atoms with van der Waals surface area (Å²) in [5.74, 6) is 0.147. The van der Waals surface area contributed by atoms with Gasteiger partial charge in [0.05, 0.1) is 6.54 Å². The summed E-state index contributed by atoms with van der Waals surface area (Å²) in [5, 5.41) is 2.86. The van der Waals surface area contributed by atoms with E-state index in [1.807, 2.05) is 44.0 Å². The van der Waals surface area contributed by atoms with Gasteiger partial charge in [0.2, 0.25) is 5.91 Å². The number of nitrogens with zero attached hydrogens (tertiary/aromatic N) is 1. The van der Waals surface area contributed by atoms with E-state index >= 15 is 0 Å². The van der Waals surface area contributed by atoms with Crippen LogP contribution in [0.15, 0.2) is 84.7 Å². The minimum Gasteiger partial charge on any atom is -0.457 e. The van der Waals surface area contributed by atoms with Gasteiger partial charge in [0.15, 0.2) is 5.78 Å². The summed E-state index contributed by atoms with van der Waals surface area (Å²) in [7, 11) is 0. The Kier molecular flexibility index (Phi) is 8.74. The van der Waals surface area contributed by atoms with Crippen LogP contribution in [0, 0.1) is 5.82 Å². The van der Waals surface area contributed by atoms with Gasteiger partial charge in [-0.2, -0.15) is 0 Å². The van der Waals surface area contributed by atoms with Gasteiger partial charge in [0.25, 0.3) is 0 Å². The summed E-state index contributed by atoms with van der Waals surface area (Å²) < 4.78 is 18.8. The number of ketones is 1. The molecule has 33 heavy (non-hydrogen) atoms. The van der Waals surface area contributed by atoms with Crippen LogP contribution in [0.1, 0.15) is 40.2 Å². The van der Waals surface area contributed by atoms with Crippen LogP contribution >= 0.6 is 0 Å². The van der Waals surface area contributed by atoms with Gasteiger partial charge >= 0.3 is 0 Å². The van der Waals surface area contributed by atoms with Gasteiger partial charge in [0, 0.05) is 18.8 Å². The van der Waals surface area contributed by atoms with E-state index in [2.05, 4.69) is 11.9 Å². The highest BCUT2D eigenvalue weighted by atomic mass is 19.1. The zero-order valence-corrected chi connectivity index (χ0v) is 19.8. The molecule has 1 atom stereocenters. The number of ether oxygens (including phenoxy) is 1. The topological polar surface area (TPSA) is 58.6 Å². The molecule has 174 valence electrons. The van der Waals surface area contributed by atoms with Gasteiger partial charge in [-0.15, -0.1) is 0 Å². The average molecular weight is 451 g/mol. The van der Waals surface area contributed by atoms with E-state index in [0.717, 1.165) is 11.3 Å². The number of hydrogen-bond donors (Lipinski definition) is 1. The summed E-state index contributed by atoms with van der Waals surface area (Å²) >= 11 is 0. The molecule has 2 aromatic rings. The third-order valence-electron chi connectivity index (χ3n) is 5.21. The Morgan fingerprint density at radius 1 is 1.03 bits per heavy atom. The number of allylic oxidation sites excluding steroid dienone is 3. The summed E-state index contributed by atoms with van der Waals surface area (Å²) in [6, 6.07) is 12.6. The van der Waals surface area contributed by atoms with E-state index in [4.69, 9.17) is 4.74 Å². The Bertz CT molecular complexity index is 1060. The van der Waals surface area contributed by atoms with E-state index in [0.29, 0.717) is 17.1 Å². The van der Waals surface area contributed by atoms with Crippen LogP contribution in [0.25, 0.3) is 0 Å². The molecule has 0 saturated heterocycles. The molecule has 3 rings (SSSR count). The second-order valence-electron chi connectivity index (χ2n) is 7.49. The molecule has 2 aromatic carbocycles. The maximum atomic E-state index is 13.1. The fraction of sp³-hybridized carbons (Fsp3) is 0.259. The molecule has 0 radical (unpaired) electrons. The highest BCUT2D eigenvalue weighted by molar-refractivity contribution is 5.92. The van der Waals surface area contributed by atoms with Crippen molar-refractivity contribution in [2.24, 2.45) is 0 Å². The molecule has 0 aliphatic carbocycles. The molecule has 1 amide bonds. The first-order chi connectivity index (χ1) is 15.7. The van der Waals surface area contributed by atoms with E-state index in [1.54, 1.807) is 24.3 Å². The highest BCUT2D eigenvalue weighted by Crippen LogP contribution is 2.31. The van der Waals surface area contributed by atoms with Crippen molar-refractivity contribution >= 4 is 11.7 Å². The van der Waals surface area contributed by atoms with Crippen LogP contribution in [0.5, 0.6) is 11.5 Å². The lowest BCUT2D eigenvalue weighted by Gasteiger charge is -2.38. The van der Waals surface area contributed by atoms with Crippen LogP contribution in [0.3, 0.4) is 0 Å². The molecule has 1 unspecified atom stereocenters. The third-order valence-corrected chi connectivity index (χ3v) is 5.21. The second kappa shape index (κ2) is 11.3. The predicted molar refractivity (Wildman–Crippen MR) is 129 cm³/mol. The van der Waals surface area contributed by atoms with Crippen molar-refractivity contribution in [3.63, 3.8) is 0 Å². The Balaban J connectivity index is 0.00000187. The van der Waals surface area contributed by atoms with Crippen molar-refractivity contribution < 1.29 is 18.7 Å². The lowest BCUT2D eigenvalue weighted by atomic mass is 9.84. The number of hydrogen-bond acceptors (Lipinski definition) is 4. The Hall–Kier alpha value is -3.67. The highest BCUT2D eigenvalue weighted by Gasteiger charge is 2.40. The van der Waals surface area contributed by atoms with Gasteiger partial charge in [-0.1, -0.05) is 38.6 Å². The number of benzene rings is 2. The number of carbonyl (C=O) groups is 2. The molecule has 0 spiro atoms. The first-order valence-electron chi connectivity index (χ1n) is 10.9. The molecule has 0 saturated carbocycles. The van der Waals surface area contributed by atoms with Crippen molar-refractivity contribution in [3.05, 3.63) is 96.1 Å². The fourth-order valence-corrected chi connectivity index (χ4v) is 3.46. The van der Waals surface area contributed by atoms with Crippen molar-refractivity contribution in [2.75, 3.05) is 6.54 Å². The van der Waals surface area contributed by atoms with Crippen molar-refractivity contribution in [1.29, 1.82) is 0 Å². The lowest BCUT2D eigenvalue weighted by molar-refractivity contribution is -0.130. The normalized spacial score (nSPS) is 14.4. The maximum absolute atomic E-state index is 13.1. The molecule has 0 aromatic heterocycles. The monoisotopic (exact) mass is 450 g/mol. The molecule has 5 nitrogen and oxygen atoms in total. The van der Waals surface area contributed by atoms with Crippen molar-refractivity contribution in [1.82, 2.24) is 10.2 Å². The SMILES string of the molecule is C=C1C(C)=CC=CN1CC(NC(C)=O)(C(C)=O)c1ccc(Oc2ccc(F)cc2)cc1.CC. The summed E-state index contributed by atoms with van der Waals surface area (Å²) in [6.45, 7) is 13.1. The number of carbonyl (C=O) groups excluding carboxylic acids is 2. The molecule has 0 fully saturated rings. The van der Waals surface area contributed by atoms with Crippen LogP contribution in [0.4, 0.5) is 4.39 Å². The molecule has 1 aliphatic heterocycles. The largest absolute Gasteiger partial charge is 0.457 e. The standard InChI is InChI=1S/C25H25FN2O3.C2H6/c1-17-6-5-15-28(18(17)2)16-25(19(3)29,27-20(4)30)21-7-11-23(12-8-21)31-24-13-9-22(26)10-14-24;1-2/h5-15H,2,16H2,1,3-4H3,(H,27,30);1-2H3. The second-order valence-corrected chi connectivity index (χ2v) is 7.49. The quantitative estimate of drug-likeness (QED) is 0.575. The number of nitrogens with one attached hydrogen (secondary N) is 1. The van der Waals surface area contributed by atoms with E-state index in [-0.39, 0.29) is 24.1 Å². The molecule has 1 aliphatic rings. The smallest absolute Gasteiger partial charge is 0.217 e. The van der Waals surface area contributed by atoms with Crippen molar-refractivity contribution in [3.8, 4) is 11.5 Å². The van der Waals surface area contributed by atoms with Gasteiger partial charge in [0.1, 0.15) is 22.9 Å². The lowest BCUT2D eigenvalue weighted by Crippen LogP contribution is -2.56. The summed E-state index contributed by atoms with van der Waals surface area (Å²) in [6.07, 6.45) is 5.65. The fourth-order valence-electron chi connectivity index (χ4n) is 3.46. The van der Waals surface area contributed by atoms with E-state index < -0.39 is 5.54 Å². The molecule has 1 N–H and O–H groups in total. The number of amides is 1. The first-order valence-corrected chi connectivity index (χ1v) is 10.9. The zero-order valence-electron chi connectivity index (χ0n) is 19.8. The molecular weight excluding hydrogens is 419 g/mol. The number of Topliss-reactive ketones (excluding diaryl/α,β-unsaturated/α-hetero) is 1. The number of rotatable bonds is 7. The minimum atomic E-state index is -1.27. The van der Waals surface area contributed by atoms with Gasteiger partial charge in [-0.3, -0.25) is 9.59 Å². The predicted octanol–water partition coefficient (Wildman–Crippen LogP) is 5.85. The number of halogens is 1. The van der Waals surface area contributed by atoms with Gasteiger partial charge in [-0.25, -0.2) is 4.39 Å². The Morgan fingerprint density at radius 3 is 2.09 bits per heavy atom. The first kappa shape index (κ1) is 25.6. The minimum absolute atomic E-state index is 0.195. The zero-order chi connectivity index (χ0) is 24.6. The van der Waals surface area contributed by atoms with Crippen LogP contribution in [0.2, 0.25) is 0 Å². The van der Waals surface area contributed by atoms with Crippen LogP contribution < -0.4 is 10.1 Å². The molecule has 6 heteroatoms.